The normalized spacial score (nSPS) is 19.8. The number of hydrogen-bond donors (Lipinski definition) is 1. The van der Waals surface area contributed by atoms with Crippen molar-refractivity contribution in [2.24, 2.45) is 10.4 Å². The summed E-state index contributed by atoms with van der Waals surface area (Å²) in [4.78, 5) is 15.9. The number of benzene rings is 1. The van der Waals surface area contributed by atoms with E-state index >= 15 is 0 Å². The predicted molar refractivity (Wildman–Crippen MR) is 78.2 cm³/mol. The minimum absolute atomic E-state index is 0.248. The van der Waals surface area contributed by atoms with Crippen LogP contribution in [0.5, 0.6) is 11.5 Å². The van der Waals surface area contributed by atoms with Gasteiger partial charge >= 0.3 is 5.97 Å². The average molecular weight is 289 g/mol. The maximum absolute atomic E-state index is 11.6. The fourth-order valence-electron chi connectivity index (χ4n) is 2.99. The Morgan fingerprint density at radius 1 is 1.24 bits per heavy atom. The number of nitrogens with zero attached hydrogens (tertiary/aromatic N) is 1. The molecule has 1 fully saturated rings. The van der Waals surface area contributed by atoms with Crippen LogP contribution in [0.15, 0.2) is 23.2 Å². The summed E-state index contributed by atoms with van der Waals surface area (Å²) in [6.45, 7) is 0.592. The molecule has 0 aromatic heterocycles. The number of hydrogen-bond acceptors (Lipinski definition) is 4. The van der Waals surface area contributed by atoms with Gasteiger partial charge in [0.15, 0.2) is 11.5 Å². The number of aliphatic carboxylic acids is 1. The lowest BCUT2D eigenvalue weighted by molar-refractivity contribution is -0.150. The van der Waals surface area contributed by atoms with Gasteiger partial charge in [-0.1, -0.05) is 19.3 Å². The number of carboxylic acid groups (broad SMARTS) is 1. The Morgan fingerprint density at radius 2 is 2.00 bits per heavy atom. The van der Waals surface area contributed by atoms with Crippen molar-refractivity contribution in [1.82, 2.24) is 0 Å². The van der Waals surface area contributed by atoms with Crippen LogP contribution in [0, 0.1) is 5.41 Å². The summed E-state index contributed by atoms with van der Waals surface area (Å²) < 4.78 is 10.6. The number of fused-ring (bicyclic) bond motifs is 1. The molecule has 1 heterocycles. The van der Waals surface area contributed by atoms with Crippen LogP contribution in [0.3, 0.4) is 0 Å². The molecule has 1 N–H and O–H groups in total. The molecule has 5 heteroatoms. The topological polar surface area (TPSA) is 68.1 Å². The van der Waals surface area contributed by atoms with Gasteiger partial charge in [0.2, 0.25) is 6.79 Å². The van der Waals surface area contributed by atoms with Gasteiger partial charge in [0.1, 0.15) is 0 Å². The van der Waals surface area contributed by atoms with E-state index in [9.17, 15) is 9.90 Å². The van der Waals surface area contributed by atoms with Gasteiger partial charge in [-0.3, -0.25) is 9.79 Å². The molecule has 0 amide bonds. The van der Waals surface area contributed by atoms with Crippen molar-refractivity contribution in [3.8, 4) is 11.5 Å². The van der Waals surface area contributed by atoms with E-state index in [1.54, 1.807) is 6.21 Å². The minimum atomic E-state index is -0.718. The summed E-state index contributed by atoms with van der Waals surface area (Å²) in [7, 11) is 0. The Hall–Kier alpha value is -2.04. The van der Waals surface area contributed by atoms with E-state index in [-0.39, 0.29) is 6.79 Å². The number of carboxylic acids is 1. The number of ether oxygens (including phenoxy) is 2. The highest BCUT2D eigenvalue weighted by Gasteiger charge is 2.39. The Labute approximate surface area is 123 Å². The zero-order valence-corrected chi connectivity index (χ0v) is 11.9. The zero-order chi connectivity index (χ0) is 14.7. The second-order valence-corrected chi connectivity index (χ2v) is 5.73. The molecular formula is C16H19NO4. The van der Waals surface area contributed by atoms with Crippen LogP contribution >= 0.6 is 0 Å². The first-order valence-electron chi connectivity index (χ1n) is 7.33. The van der Waals surface area contributed by atoms with Gasteiger partial charge in [0.05, 0.1) is 12.0 Å². The maximum atomic E-state index is 11.6. The van der Waals surface area contributed by atoms with Crippen LogP contribution in [0.2, 0.25) is 0 Å². The summed E-state index contributed by atoms with van der Waals surface area (Å²) in [5.74, 6) is 0.732. The van der Waals surface area contributed by atoms with Gasteiger partial charge in [-0.15, -0.1) is 0 Å². The van der Waals surface area contributed by atoms with Crippen LogP contribution in [0.4, 0.5) is 0 Å². The van der Waals surface area contributed by atoms with E-state index in [0.29, 0.717) is 12.3 Å². The fraction of sp³-hybridized carbons (Fsp3) is 0.500. The molecular weight excluding hydrogens is 270 g/mol. The maximum Gasteiger partial charge on any atom is 0.311 e. The average Bonchev–Trinajstić information content (AvgIpc) is 2.95. The lowest BCUT2D eigenvalue weighted by Crippen LogP contribution is -2.36. The van der Waals surface area contributed by atoms with Gasteiger partial charge in [-0.05, 0) is 36.6 Å². The first kappa shape index (κ1) is 13.9. The van der Waals surface area contributed by atoms with E-state index in [1.165, 1.54) is 0 Å². The van der Waals surface area contributed by atoms with E-state index in [0.717, 1.165) is 43.4 Å². The molecule has 5 nitrogen and oxygen atoms in total. The summed E-state index contributed by atoms with van der Waals surface area (Å²) in [5, 5.41) is 9.50. The molecule has 0 radical (unpaired) electrons. The highest BCUT2D eigenvalue weighted by Crippen LogP contribution is 2.37. The van der Waals surface area contributed by atoms with E-state index in [2.05, 4.69) is 4.99 Å². The van der Waals surface area contributed by atoms with Crippen molar-refractivity contribution in [3.63, 3.8) is 0 Å². The Balaban J connectivity index is 1.69. The summed E-state index contributed by atoms with van der Waals surface area (Å²) in [6.07, 6.45) is 6.25. The molecule has 3 rings (SSSR count). The third-order valence-electron chi connectivity index (χ3n) is 4.30. The van der Waals surface area contributed by atoms with Crippen molar-refractivity contribution < 1.29 is 19.4 Å². The first-order chi connectivity index (χ1) is 10.2. The van der Waals surface area contributed by atoms with Crippen LogP contribution in [0.1, 0.15) is 37.7 Å². The molecule has 1 aliphatic carbocycles. The third kappa shape index (κ3) is 2.86. The lowest BCUT2D eigenvalue weighted by Gasteiger charge is -2.31. The van der Waals surface area contributed by atoms with Gasteiger partial charge in [-0.2, -0.15) is 0 Å². The molecule has 1 aliphatic heterocycles. The van der Waals surface area contributed by atoms with Crippen LogP contribution in [-0.2, 0) is 4.79 Å². The van der Waals surface area contributed by atoms with E-state index in [1.807, 2.05) is 18.2 Å². The second kappa shape index (κ2) is 5.76. The van der Waals surface area contributed by atoms with Crippen molar-refractivity contribution in [2.75, 3.05) is 13.3 Å². The lowest BCUT2D eigenvalue weighted by atomic mass is 9.74. The smallest absolute Gasteiger partial charge is 0.311 e. The molecule has 112 valence electrons. The number of aliphatic imine (C=N–C) groups is 1. The van der Waals surface area contributed by atoms with Crippen LogP contribution in [0.25, 0.3) is 0 Å². The monoisotopic (exact) mass is 289 g/mol. The highest BCUT2D eigenvalue weighted by molar-refractivity contribution is 5.82. The Morgan fingerprint density at radius 3 is 2.76 bits per heavy atom. The molecule has 0 spiro atoms. The molecule has 2 aliphatic rings. The van der Waals surface area contributed by atoms with E-state index < -0.39 is 11.4 Å². The molecule has 0 saturated heterocycles. The summed E-state index contributed by atoms with van der Waals surface area (Å²) >= 11 is 0. The van der Waals surface area contributed by atoms with E-state index in [4.69, 9.17) is 9.47 Å². The number of carbonyl (C=O) groups is 1. The van der Waals surface area contributed by atoms with Crippen molar-refractivity contribution in [3.05, 3.63) is 23.8 Å². The number of rotatable bonds is 4. The SMILES string of the molecule is O=C(O)C1(C/N=C/c2ccc3c(c2)OCO3)CCCCC1. The van der Waals surface area contributed by atoms with Gasteiger partial charge < -0.3 is 14.6 Å². The Kier molecular flexibility index (Phi) is 3.82. The van der Waals surface area contributed by atoms with Crippen LogP contribution in [-0.4, -0.2) is 30.6 Å². The standard InChI is InChI=1S/C16H19NO4/c18-15(19)16(6-2-1-3-7-16)10-17-9-12-4-5-13-14(8-12)21-11-20-13/h4-5,8-9H,1-3,6-7,10-11H2,(H,18,19)/b17-9+. The van der Waals surface area contributed by atoms with Crippen LogP contribution < -0.4 is 9.47 Å². The van der Waals surface area contributed by atoms with Gasteiger partial charge in [-0.25, -0.2) is 0 Å². The minimum Gasteiger partial charge on any atom is -0.481 e. The van der Waals surface area contributed by atoms with Gasteiger partial charge in [0.25, 0.3) is 0 Å². The molecule has 1 aromatic rings. The van der Waals surface area contributed by atoms with Crippen molar-refractivity contribution in [2.45, 2.75) is 32.1 Å². The summed E-state index contributed by atoms with van der Waals surface area (Å²) in [6, 6.07) is 5.60. The zero-order valence-electron chi connectivity index (χ0n) is 11.9. The molecule has 0 bridgehead atoms. The van der Waals surface area contributed by atoms with Crippen molar-refractivity contribution in [1.29, 1.82) is 0 Å². The first-order valence-corrected chi connectivity index (χ1v) is 7.33. The molecule has 1 aromatic carbocycles. The molecule has 0 atom stereocenters. The Bertz CT molecular complexity index is 561. The summed E-state index contributed by atoms with van der Waals surface area (Å²) in [5.41, 5.74) is 0.223. The molecule has 0 unspecified atom stereocenters. The molecule has 1 saturated carbocycles. The van der Waals surface area contributed by atoms with Crippen molar-refractivity contribution >= 4 is 12.2 Å². The fourth-order valence-corrected chi connectivity index (χ4v) is 2.99. The predicted octanol–water partition coefficient (Wildman–Crippen LogP) is 2.87. The molecule has 21 heavy (non-hydrogen) atoms. The quantitative estimate of drug-likeness (QED) is 0.865. The highest BCUT2D eigenvalue weighted by atomic mass is 16.7. The second-order valence-electron chi connectivity index (χ2n) is 5.73. The van der Waals surface area contributed by atoms with Gasteiger partial charge in [0, 0.05) is 6.21 Å². The largest absolute Gasteiger partial charge is 0.481 e. The third-order valence-corrected chi connectivity index (χ3v) is 4.30.